The van der Waals surface area contributed by atoms with Gasteiger partial charge in [-0.2, -0.15) is 0 Å². The molecule has 2 aromatic rings. The van der Waals surface area contributed by atoms with Gasteiger partial charge in [0.2, 0.25) is 0 Å². The molecule has 0 bridgehead atoms. The molecular formula is C23H29N3O2S. The van der Waals surface area contributed by atoms with Crippen molar-refractivity contribution in [3.8, 4) is 0 Å². The van der Waals surface area contributed by atoms with Gasteiger partial charge in [0.05, 0.1) is 6.04 Å². The van der Waals surface area contributed by atoms with Crippen LogP contribution < -0.4 is 10.6 Å². The third kappa shape index (κ3) is 4.99. The Morgan fingerprint density at radius 2 is 1.76 bits per heavy atom. The van der Waals surface area contributed by atoms with Gasteiger partial charge in [0.25, 0.3) is 5.91 Å². The Morgan fingerprint density at radius 3 is 2.41 bits per heavy atom. The fourth-order valence-electron chi connectivity index (χ4n) is 4.42. The van der Waals surface area contributed by atoms with Crippen LogP contribution in [0.3, 0.4) is 0 Å². The van der Waals surface area contributed by atoms with Crippen molar-refractivity contribution < 1.29 is 9.59 Å². The third-order valence-corrected chi connectivity index (χ3v) is 7.01. The number of amides is 3. The molecule has 1 saturated heterocycles. The predicted octanol–water partition coefficient (Wildman–Crippen LogP) is 4.71. The summed E-state index contributed by atoms with van der Waals surface area (Å²) in [6.45, 7) is 2.16. The molecule has 1 aliphatic carbocycles. The van der Waals surface area contributed by atoms with Gasteiger partial charge in [-0.3, -0.25) is 4.79 Å². The fourth-order valence-corrected chi connectivity index (χ4v) is 5.29. The highest BCUT2D eigenvalue weighted by Crippen LogP contribution is 2.37. The van der Waals surface area contributed by atoms with Crippen LogP contribution in [0, 0.1) is 5.92 Å². The minimum atomic E-state index is -0.132. The van der Waals surface area contributed by atoms with Crippen molar-refractivity contribution in [1.82, 2.24) is 15.5 Å². The summed E-state index contributed by atoms with van der Waals surface area (Å²) in [5.41, 5.74) is 1.71. The van der Waals surface area contributed by atoms with Gasteiger partial charge >= 0.3 is 6.03 Å². The van der Waals surface area contributed by atoms with Crippen LogP contribution in [0.5, 0.6) is 0 Å². The summed E-state index contributed by atoms with van der Waals surface area (Å²) >= 11 is 1.71. The SMILES string of the molecule is O=C(NCc1ccc(C(=O)N2CCCC2)cc1)N[C@@H](c1cccs1)C1CCCC1. The van der Waals surface area contributed by atoms with Gasteiger partial charge in [-0.05, 0) is 60.7 Å². The van der Waals surface area contributed by atoms with Crippen molar-refractivity contribution in [1.29, 1.82) is 0 Å². The van der Waals surface area contributed by atoms with Gasteiger partial charge in [0.15, 0.2) is 0 Å². The van der Waals surface area contributed by atoms with E-state index in [1.807, 2.05) is 35.2 Å². The van der Waals surface area contributed by atoms with Crippen LogP contribution in [-0.2, 0) is 6.54 Å². The van der Waals surface area contributed by atoms with Gasteiger partial charge in [-0.25, -0.2) is 4.79 Å². The zero-order chi connectivity index (χ0) is 20.1. The molecule has 1 aromatic heterocycles. The first-order chi connectivity index (χ1) is 14.2. The van der Waals surface area contributed by atoms with E-state index in [0.29, 0.717) is 12.5 Å². The van der Waals surface area contributed by atoms with E-state index in [2.05, 4.69) is 22.1 Å². The van der Waals surface area contributed by atoms with Crippen LogP contribution in [-0.4, -0.2) is 29.9 Å². The van der Waals surface area contributed by atoms with Crippen LogP contribution in [0.2, 0.25) is 0 Å². The van der Waals surface area contributed by atoms with E-state index in [1.54, 1.807) is 11.3 Å². The highest BCUT2D eigenvalue weighted by atomic mass is 32.1. The third-order valence-electron chi connectivity index (χ3n) is 6.05. The highest BCUT2D eigenvalue weighted by molar-refractivity contribution is 7.10. The van der Waals surface area contributed by atoms with Crippen LogP contribution in [0.15, 0.2) is 41.8 Å². The lowest BCUT2D eigenvalue weighted by Crippen LogP contribution is -2.39. The van der Waals surface area contributed by atoms with Crippen molar-refractivity contribution in [3.63, 3.8) is 0 Å². The van der Waals surface area contributed by atoms with Crippen molar-refractivity contribution >= 4 is 23.3 Å². The molecule has 0 spiro atoms. The predicted molar refractivity (Wildman–Crippen MR) is 116 cm³/mol. The second-order valence-electron chi connectivity index (χ2n) is 8.06. The molecule has 2 heterocycles. The summed E-state index contributed by atoms with van der Waals surface area (Å²) in [6.07, 6.45) is 7.04. The number of benzene rings is 1. The van der Waals surface area contributed by atoms with Crippen LogP contribution in [0.1, 0.15) is 65.4 Å². The van der Waals surface area contributed by atoms with E-state index in [0.717, 1.165) is 37.1 Å². The Bertz CT molecular complexity index is 807. The number of thiophene rings is 1. The van der Waals surface area contributed by atoms with Gasteiger partial charge < -0.3 is 15.5 Å². The van der Waals surface area contributed by atoms with Gasteiger partial charge in [0, 0.05) is 30.1 Å². The lowest BCUT2D eigenvalue weighted by atomic mass is 9.97. The Labute approximate surface area is 176 Å². The Balaban J connectivity index is 1.31. The topological polar surface area (TPSA) is 61.4 Å². The largest absolute Gasteiger partial charge is 0.339 e. The quantitative estimate of drug-likeness (QED) is 0.723. The number of rotatable bonds is 6. The molecule has 29 heavy (non-hydrogen) atoms. The average Bonchev–Trinajstić information content (AvgIpc) is 3.53. The number of nitrogens with zero attached hydrogens (tertiary/aromatic N) is 1. The molecule has 1 atom stereocenters. The Kier molecular flexibility index (Phi) is 6.49. The second kappa shape index (κ2) is 9.44. The Morgan fingerprint density at radius 1 is 1.03 bits per heavy atom. The zero-order valence-corrected chi connectivity index (χ0v) is 17.5. The maximum atomic E-state index is 12.5. The molecule has 154 valence electrons. The summed E-state index contributed by atoms with van der Waals surface area (Å²) < 4.78 is 0. The van der Waals surface area contributed by atoms with Gasteiger partial charge in [-0.1, -0.05) is 31.0 Å². The molecule has 1 saturated carbocycles. The van der Waals surface area contributed by atoms with Crippen molar-refractivity contribution in [2.75, 3.05) is 13.1 Å². The number of carbonyl (C=O) groups excluding carboxylic acids is 2. The fraction of sp³-hybridized carbons (Fsp3) is 0.478. The lowest BCUT2D eigenvalue weighted by molar-refractivity contribution is 0.0793. The number of nitrogens with one attached hydrogen (secondary N) is 2. The smallest absolute Gasteiger partial charge is 0.315 e. The number of likely N-dealkylation sites (tertiary alicyclic amines) is 1. The minimum Gasteiger partial charge on any atom is -0.339 e. The average molecular weight is 412 g/mol. The summed E-state index contributed by atoms with van der Waals surface area (Å²) in [7, 11) is 0. The zero-order valence-electron chi connectivity index (χ0n) is 16.7. The van der Waals surface area contributed by atoms with E-state index in [-0.39, 0.29) is 18.0 Å². The van der Waals surface area contributed by atoms with Gasteiger partial charge in [-0.15, -0.1) is 11.3 Å². The molecule has 3 amide bonds. The number of urea groups is 1. The van der Waals surface area contributed by atoms with E-state index < -0.39 is 0 Å². The molecule has 1 aliphatic heterocycles. The molecule has 5 nitrogen and oxygen atoms in total. The Hall–Kier alpha value is -2.34. The van der Waals surface area contributed by atoms with Crippen LogP contribution in [0.4, 0.5) is 4.79 Å². The molecule has 6 heteroatoms. The maximum Gasteiger partial charge on any atom is 0.315 e. The van der Waals surface area contributed by atoms with Crippen LogP contribution in [0.25, 0.3) is 0 Å². The van der Waals surface area contributed by atoms with E-state index in [1.165, 1.54) is 30.6 Å². The minimum absolute atomic E-state index is 0.0953. The monoisotopic (exact) mass is 411 g/mol. The molecule has 2 N–H and O–H groups in total. The van der Waals surface area contributed by atoms with Crippen LogP contribution >= 0.6 is 11.3 Å². The second-order valence-corrected chi connectivity index (χ2v) is 9.04. The van der Waals surface area contributed by atoms with E-state index in [9.17, 15) is 9.59 Å². The molecule has 1 aromatic carbocycles. The number of hydrogen-bond donors (Lipinski definition) is 2. The summed E-state index contributed by atoms with van der Waals surface area (Å²) in [5.74, 6) is 0.630. The first-order valence-electron chi connectivity index (χ1n) is 10.7. The van der Waals surface area contributed by atoms with E-state index in [4.69, 9.17) is 0 Å². The lowest BCUT2D eigenvalue weighted by Gasteiger charge is -2.24. The molecule has 0 radical (unpaired) electrons. The number of hydrogen-bond acceptors (Lipinski definition) is 3. The molecule has 2 fully saturated rings. The summed E-state index contributed by atoms with van der Waals surface area (Å²) in [5, 5.41) is 8.25. The molecule has 4 rings (SSSR count). The normalized spacial score (nSPS) is 18.0. The van der Waals surface area contributed by atoms with E-state index >= 15 is 0 Å². The summed E-state index contributed by atoms with van der Waals surface area (Å²) in [4.78, 5) is 28.1. The van der Waals surface area contributed by atoms with Crippen molar-refractivity contribution in [2.45, 2.75) is 51.1 Å². The summed E-state index contributed by atoms with van der Waals surface area (Å²) in [6, 6.07) is 11.7. The first-order valence-corrected chi connectivity index (χ1v) is 11.5. The molecule has 0 unspecified atom stereocenters. The number of carbonyl (C=O) groups is 2. The first kappa shape index (κ1) is 20.0. The molecule has 2 aliphatic rings. The highest BCUT2D eigenvalue weighted by Gasteiger charge is 2.28. The van der Waals surface area contributed by atoms with Crippen molar-refractivity contribution in [3.05, 3.63) is 57.8 Å². The molecular weight excluding hydrogens is 382 g/mol. The standard InChI is InChI=1S/C23H29N3O2S/c27-22(26-13-3-4-14-26)19-11-9-17(10-12-19)16-24-23(28)25-21(18-6-1-2-7-18)20-8-5-15-29-20/h5,8-12,15,18,21H,1-4,6-7,13-14,16H2,(H2,24,25,28)/t21-/m1/s1. The van der Waals surface area contributed by atoms with Gasteiger partial charge in [0.1, 0.15) is 0 Å². The van der Waals surface area contributed by atoms with Crippen molar-refractivity contribution in [2.24, 2.45) is 5.92 Å². The maximum absolute atomic E-state index is 12.5.